The van der Waals surface area contributed by atoms with Crippen LogP contribution >= 0.6 is 0 Å². The SMILES string of the molecule is CC(C)CC(N=C1NS(=O)(=O)c2ccccc21)C(=O)NC1CCCC(C)C1C. The van der Waals surface area contributed by atoms with E-state index in [1.54, 1.807) is 24.3 Å². The van der Waals surface area contributed by atoms with Crippen LogP contribution in [0.15, 0.2) is 34.2 Å². The number of amidine groups is 1. The molecule has 6 nitrogen and oxygen atoms in total. The zero-order valence-electron chi connectivity index (χ0n) is 17.1. The lowest BCUT2D eigenvalue weighted by Crippen LogP contribution is -2.47. The summed E-state index contributed by atoms with van der Waals surface area (Å²) in [5.74, 6) is 1.42. The van der Waals surface area contributed by atoms with Gasteiger partial charge in [0.05, 0.1) is 4.90 Å². The number of carbonyl (C=O) groups is 1. The number of hydrogen-bond donors (Lipinski definition) is 2. The molecule has 0 aromatic heterocycles. The molecule has 1 heterocycles. The molecule has 1 fully saturated rings. The Kier molecular flexibility index (Phi) is 6.12. The first-order valence-corrected chi connectivity index (χ1v) is 11.7. The fraction of sp³-hybridized carbons (Fsp3) is 0.619. The second-order valence-corrected chi connectivity index (χ2v) is 10.3. The van der Waals surface area contributed by atoms with Crippen molar-refractivity contribution in [2.24, 2.45) is 22.7 Å². The van der Waals surface area contributed by atoms with Gasteiger partial charge in [0.15, 0.2) is 0 Å². The van der Waals surface area contributed by atoms with Crippen LogP contribution in [0, 0.1) is 17.8 Å². The van der Waals surface area contributed by atoms with E-state index in [2.05, 4.69) is 28.9 Å². The number of aliphatic imine (C=N–C) groups is 1. The third-order valence-corrected chi connectivity index (χ3v) is 7.38. The summed E-state index contributed by atoms with van der Waals surface area (Å²) in [5, 5.41) is 3.20. The van der Waals surface area contributed by atoms with E-state index < -0.39 is 16.1 Å². The van der Waals surface area contributed by atoms with Crippen LogP contribution in [0.5, 0.6) is 0 Å². The number of carbonyl (C=O) groups excluding carboxylic acids is 1. The average molecular weight is 406 g/mol. The molecule has 3 rings (SSSR count). The van der Waals surface area contributed by atoms with E-state index in [4.69, 9.17) is 0 Å². The van der Waals surface area contributed by atoms with Crippen LogP contribution in [0.25, 0.3) is 0 Å². The first kappa shape index (κ1) is 20.8. The molecule has 0 spiro atoms. The molecule has 0 bridgehead atoms. The molecule has 1 aliphatic carbocycles. The van der Waals surface area contributed by atoms with E-state index in [0.717, 1.165) is 12.8 Å². The predicted molar refractivity (Wildman–Crippen MR) is 111 cm³/mol. The van der Waals surface area contributed by atoms with Crippen LogP contribution in [0.3, 0.4) is 0 Å². The lowest BCUT2D eigenvalue weighted by Gasteiger charge is -2.35. The van der Waals surface area contributed by atoms with Gasteiger partial charge in [-0.15, -0.1) is 0 Å². The summed E-state index contributed by atoms with van der Waals surface area (Å²) < 4.78 is 27.2. The molecule has 0 saturated heterocycles. The van der Waals surface area contributed by atoms with Gasteiger partial charge in [-0.3, -0.25) is 14.5 Å². The lowest BCUT2D eigenvalue weighted by molar-refractivity contribution is -0.124. The molecule has 4 unspecified atom stereocenters. The Morgan fingerprint density at radius 2 is 1.96 bits per heavy atom. The number of fused-ring (bicyclic) bond motifs is 1. The summed E-state index contributed by atoms with van der Waals surface area (Å²) in [6.07, 6.45) is 3.87. The predicted octanol–water partition coefficient (Wildman–Crippen LogP) is 3.08. The molecular weight excluding hydrogens is 374 g/mol. The first-order valence-electron chi connectivity index (χ1n) is 10.2. The van der Waals surface area contributed by atoms with Crippen LogP contribution < -0.4 is 10.0 Å². The van der Waals surface area contributed by atoms with E-state index in [-0.39, 0.29) is 28.6 Å². The summed E-state index contributed by atoms with van der Waals surface area (Å²) in [5.41, 5.74) is 0.531. The molecule has 1 aromatic rings. The van der Waals surface area contributed by atoms with Crippen molar-refractivity contribution in [3.05, 3.63) is 29.8 Å². The molecule has 154 valence electrons. The van der Waals surface area contributed by atoms with Gasteiger partial charge in [-0.2, -0.15) is 0 Å². The summed E-state index contributed by atoms with van der Waals surface area (Å²) in [6, 6.07) is 6.28. The van der Waals surface area contributed by atoms with Crippen molar-refractivity contribution in [3.63, 3.8) is 0 Å². The van der Waals surface area contributed by atoms with Crippen LogP contribution in [0.4, 0.5) is 0 Å². The smallest absolute Gasteiger partial charge is 0.263 e. The van der Waals surface area contributed by atoms with Crippen LogP contribution in [-0.4, -0.2) is 32.2 Å². The molecule has 1 aliphatic heterocycles. The van der Waals surface area contributed by atoms with Crippen molar-refractivity contribution in [2.45, 2.75) is 70.4 Å². The van der Waals surface area contributed by atoms with Gasteiger partial charge in [0.1, 0.15) is 11.9 Å². The van der Waals surface area contributed by atoms with E-state index in [1.165, 1.54) is 6.42 Å². The highest BCUT2D eigenvalue weighted by Gasteiger charge is 2.34. The molecule has 2 N–H and O–H groups in total. The second kappa shape index (κ2) is 8.23. The van der Waals surface area contributed by atoms with Crippen molar-refractivity contribution < 1.29 is 13.2 Å². The molecule has 1 saturated carbocycles. The summed E-state index contributed by atoms with van der Waals surface area (Å²) in [7, 11) is -3.61. The summed E-state index contributed by atoms with van der Waals surface area (Å²) >= 11 is 0. The molecule has 28 heavy (non-hydrogen) atoms. The van der Waals surface area contributed by atoms with Crippen molar-refractivity contribution in [3.8, 4) is 0 Å². The largest absolute Gasteiger partial charge is 0.351 e. The average Bonchev–Trinajstić information content (AvgIpc) is 2.89. The van der Waals surface area contributed by atoms with E-state index in [0.29, 0.717) is 23.8 Å². The quantitative estimate of drug-likeness (QED) is 0.789. The second-order valence-electron chi connectivity index (χ2n) is 8.61. The highest BCUT2D eigenvalue weighted by molar-refractivity contribution is 7.90. The Labute approximate surface area is 168 Å². The highest BCUT2D eigenvalue weighted by atomic mass is 32.2. The molecule has 1 amide bonds. The lowest BCUT2D eigenvalue weighted by atomic mass is 9.78. The minimum absolute atomic E-state index is 0.115. The van der Waals surface area contributed by atoms with Gasteiger partial charge in [-0.1, -0.05) is 52.7 Å². The maximum Gasteiger partial charge on any atom is 0.263 e. The van der Waals surface area contributed by atoms with Crippen LogP contribution in [-0.2, 0) is 14.8 Å². The molecular formula is C21H31N3O3S. The Morgan fingerprint density at radius 1 is 1.25 bits per heavy atom. The number of amides is 1. The van der Waals surface area contributed by atoms with Crippen molar-refractivity contribution in [1.29, 1.82) is 0 Å². The van der Waals surface area contributed by atoms with Crippen molar-refractivity contribution >= 4 is 21.8 Å². The topological polar surface area (TPSA) is 87.6 Å². The normalized spacial score (nSPS) is 28.6. The standard InChI is InChI=1S/C21H31N3O3S/c1-13(2)12-18(21(25)23-17-10-7-8-14(3)15(17)4)22-20-16-9-5-6-11-19(16)28(26,27)24-20/h5-6,9,11,13-15,17-18H,7-8,10,12H2,1-4H3,(H,22,24)(H,23,25). The van der Waals surface area contributed by atoms with Crippen LogP contribution in [0.2, 0.25) is 0 Å². The zero-order chi connectivity index (χ0) is 20.5. The monoisotopic (exact) mass is 405 g/mol. The van der Waals surface area contributed by atoms with Gasteiger partial charge >= 0.3 is 0 Å². The minimum atomic E-state index is -3.61. The van der Waals surface area contributed by atoms with Crippen LogP contribution in [0.1, 0.15) is 58.9 Å². The maximum absolute atomic E-state index is 13.1. The van der Waals surface area contributed by atoms with Gasteiger partial charge in [0.25, 0.3) is 10.0 Å². The fourth-order valence-corrected chi connectivity index (χ4v) is 5.35. The maximum atomic E-state index is 13.1. The summed E-state index contributed by atoms with van der Waals surface area (Å²) in [4.78, 5) is 17.9. The van der Waals surface area contributed by atoms with E-state index >= 15 is 0 Å². The number of benzene rings is 1. The Balaban J connectivity index is 1.85. The first-order chi connectivity index (χ1) is 13.2. The van der Waals surface area contributed by atoms with Gasteiger partial charge in [-0.05, 0) is 42.7 Å². The number of rotatable bonds is 5. The number of nitrogens with one attached hydrogen (secondary N) is 2. The Morgan fingerprint density at radius 3 is 2.68 bits per heavy atom. The summed E-state index contributed by atoms with van der Waals surface area (Å²) in [6.45, 7) is 8.51. The van der Waals surface area contributed by atoms with Gasteiger partial charge in [0, 0.05) is 11.6 Å². The number of nitrogens with zero attached hydrogens (tertiary/aromatic N) is 1. The van der Waals surface area contributed by atoms with E-state index in [9.17, 15) is 13.2 Å². The molecule has 2 aliphatic rings. The van der Waals surface area contributed by atoms with Gasteiger partial charge in [0.2, 0.25) is 5.91 Å². The van der Waals surface area contributed by atoms with Gasteiger partial charge < -0.3 is 5.32 Å². The molecule has 7 heteroatoms. The van der Waals surface area contributed by atoms with E-state index in [1.807, 2.05) is 13.8 Å². The number of hydrogen-bond acceptors (Lipinski definition) is 4. The number of sulfonamides is 1. The Bertz CT molecular complexity index is 863. The third kappa shape index (κ3) is 4.40. The Hall–Kier alpha value is -1.89. The minimum Gasteiger partial charge on any atom is -0.351 e. The molecule has 4 atom stereocenters. The fourth-order valence-electron chi connectivity index (χ4n) is 4.12. The van der Waals surface area contributed by atoms with Gasteiger partial charge in [-0.25, -0.2) is 8.42 Å². The zero-order valence-corrected chi connectivity index (χ0v) is 17.9. The molecule has 1 aromatic carbocycles. The van der Waals surface area contributed by atoms with Crippen molar-refractivity contribution in [2.75, 3.05) is 0 Å². The molecule has 0 radical (unpaired) electrons. The third-order valence-electron chi connectivity index (χ3n) is 5.98. The van der Waals surface area contributed by atoms with Crippen molar-refractivity contribution in [1.82, 2.24) is 10.0 Å². The highest BCUT2D eigenvalue weighted by Crippen LogP contribution is 2.30.